The summed E-state index contributed by atoms with van der Waals surface area (Å²) in [4.78, 5) is 3.23. The number of hydrogen-bond donors (Lipinski definition) is 0. The van der Waals surface area contributed by atoms with Gasteiger partial charge in [-0.25, -0.2) is 8.42 Å². The van der Waals surface area contributed by atoms with Crippen molar-refractivity contribution in [1.82, 2.24) is 0 Å². The molecule has 1 aliphatic carbocycles. The van der Waals surface area contributed by atoms with E-state index in [0.29, 0.717) is 9.79 Å². The van der Waals surface area contributed by atoms with Crippen LogP contribution in [0.3, 0.4) is 0 Å². The van der Waals surface area contributed by atoms with Crippen molar-refractivity contribution in [3.63, 3.8) is 0 Å². The Labute approximate surface area is 289 Å². The third kappa shape index (κ3) is 3.98. The van der Waals surface area contributed by atoms with Gasteiger partial charge in [0.1, 0.15) is 0 Å². The van der Waals surface area contributed by atoms with Crippen LogP contribution in [-0.2, 0) is 26.1 Å². The smallest absolute Gasteiger partial charge is 0.207 e. The lowest BCUT2D eigenvalue weighted by Gasteiger charge is -2.46. The summed E-state index contributed by atoms with van der Waals surface area (Å²) in [5.41, 5.74) is 14.6. The Kier molecular flexibility index (Phi) is 6.05. The number of benzene rings is 6. The summed E-state index contributed by atoms with van der Waals surface area (Å²) in [5.74, 6) is 0. The molecule has 2 aliphatic heterocycles. The van der Waals surface area contributed by atoms with Crippen molar-refractivity contribution in [2.24, 2.45) is 0 Å². The largest absolute Gasteiger partial charge is 0.310 e. The first kappa shape index (κ1) is 30.2. The summed E-state index contributed by atoms with van der Waals surface area (Å²) < 4.78 is 26.6. The number of fused-ring (bicyclic) bond motifs is 7. The van der Waals surface area contributed by atoms with Gasteiger partial charge in [0.05, 0.1) is 21.2 Å². The Balaban J connectivity index is 1.19. The van der Waals surface area contributed by atoms with E-state index in [-0.39, 0.29) is 16.2 Å². The zero-order valence-corrected chi connectivity index (χ0v) is 29.6. The van der Waals surface area contributed by atoms with E-state index >= 15 is 0 Å². The van der Waals surface area contributed by atoms with E-state index < -0.39 is 9.84 Å². The normalized spacial score (nSPS) is 18.0. The second-order valence-electron chi connectivity index (χ2n) is 15.4. The van der Waals surface area contributed by atoms with Crippen LogP contribution in [-0.4, -0.2) is 8.42 Å². The Hall–Kier alpha value is -4.93. The van der Waals surface area contributed by atoms with Gasteiger partial charge >= 0.3 is 0 Å². The summed E-state index contributed by atoms with van der Waals surface area (Å²) in [6, 6.07) is 44.7. The zero-order chi connectivity index (χ0) is 34.1. The molecular formula is C45H39NO2S. The van der Waals surface area contributed by atoms with Crippen molar-refractivity contribution in [3.8, 4) is 22.3 Å². The molecule has 0 unspecified atom stereocenters. The van der Waals surface area contributed by atoms with E-state index in [2.05, 4.69) is 137 Å². The molecule has 0 spiro atoms. The minimum atomic E-state index is -3.51. The van der Waals surface area contributed by atoms with Crippen molar-refractivity contribution in [3.05, 3.63) is 161 Å². The first-order valence-electron chi connectivity index (χ1n) is 17.1. The molecule has 0 amide bonds. The summed E-state index contributed by atoms with van der Waals surface area (Å²) in [6.45, 7) is 14.0. The molecule has 0 N–H and O–H groups in total. The van der Waals surface area contributed by atoms with Crippen LogP contribution in [0.5, 0.6) is 0 Å². The molecule has 3 nitrogen and oxygen atoms in total. The number of sulfone groups is 1. The average Bonchev–Trinajstić information content (AvgIpc) is 3.33. The first-order valence-corrected chi connectivity index (χ1v) is 18.6. The number of anilines is 3. The topological polar surface area (TPSA) is 37.4 Å². The highest BCUT2D eigenvalue weighted by Gasteiger charge is 2.43. The molecule has 4 heteroatoms. The third-order valence-corrected chi connectivity index (χ3v) is 13.6. The Morgan fingerprint density at radius 2 is 0.918 bits per heavy atom. The highest BCUT2D eigenvalue weighted by Crippen LogP contribution is 2.55. The van der Waals surface area contributed by atoms with Gasteiger partial charge in [0.15, 0.2) is 0 Å². The number of nitrogens with zero attached hydrogens (tertiary/aromatic N) is 1. The van der Waals surface area contributed by atoms with Crippen molar-refractivity contribution in [2.75, 3.05) is 4.90 Å². The van der Waals surface area contributed by atoms with Crippen LogP contribution in [0.2, 0.25) is 0 Å². The maximum atomic E-state index is 13.3. The predicted molar refractivity (Wildman–Crippen MR) is 200 cm³/mol. The summed E-state index contributed by atoms with van der Waals surface area (Å²) in [6.07, 6.45) is 0. The predicted octanol–water partition coefficient (Wildman–Crippen LogP) is 11.2. The molecule has 3 aliphatic rings. The maximum Gasteiger partial charge on any atom is 0.207 e. The van der Waals surface area contributed by atoms with Crippen LogP contribution in [0.15, 0.2) is 137 Å². The average molecular weight is 658 g/mol. The van der Waals surface area contributed by atoms with E-state index in [4.69, 9.17) is 0 Å². The molecule has 0 saturated carbocycles. The van der Waals surface area contributed by atoms with Gasteiger partial charge in [0.25, 0.3) is 0 Å². The van der Waals surface area contributed by atoms with Crippen LogP contribution >= 0.6 is 0 Å². The van der Waals surface area contributed by atoms with E-state index in [0.717, 1.165) is 27.9 Å². The lowest BCUT2D eigenvalue weighted by molar-refractivity contribution is 0.521. The fourth-order valence-corrected chi connectivity index (χ4v) is 10.6. The molecule has 0 saturated heterocycles. The monoisotopic (exact) mass is 657 g/mol. The lowest BCUT2D eigenvalue weighted by atomic mass is 9.59. The van der Waals surface area contributed by atoms with Gasteiger partial charge in [0.2, 0.25) is 9.84 Å². The number of rotatable bonds is 2. The summed E-state index contributed by atoms with van der Waals surface area (Å²) >= 11 is 0. The molecule has 0 bridgehead atoms. The van der Waals surface area contributed by atoms with E-state index in [1.165, 1.54) is 44.8 Å². The number of hydrogen-bond acceptors (Lipinski definition) is 3. The van der Waals surface area contributed by atoms with E-state index in [9.17, 15) is 8.42 Å². The molecular weight excluding hydrogens is 619 g/mol. The molecule has 0 fully saturated rings. The van der Waals surface area contributed by atoms with Gasteiger partial charge in [-0.3, -0.25) is 0 Å². The van der Waals surface area contributed by atoms with Gasteiger partial charge in [-0.15, -0.1) is 0 Å². The molecule has 6 aromatic carbocycles. The van der Waals surface area contributed by atoms with Gasteiger partial charge < -0.3 is 4.90 Å². The van der Waals surface area contributed by atoms with Crippen molar-refractivity contribution < 1.29 is 8.42 Å². The van der Waals surface area contributed by atoms with Crippen LogP contribution in [0.4, 0.5) is 17.1 Å². The summed E-state index contributed by atoms with van der Waals surface area (Å²) in [7, 11) is -3.51. The minimum Gasteiger partial charge on any atom is -0.310 e. The maximum absolute atomic E-state index is 13.3. The van der Waals surface area contributed by atoms with Gasteiger partial charge in [-0.1, -0.05) is 120 Å². The van der Waals surface area contributed by atoms with Gasteiger partial charge in [-0.2, -0.15) is 0 Å². The molecule has 2 heterocycles. The fourth-order valence-electron chi connectivity index (χ4n) is 8.95. The molecule has 6 aromatic rings. The number of para-hydroxylation sites is 2. The van der Waals surface area contributed by atoms with Gasteiger partial charge in [-0.05, 0) is 93.0 Å². The second-order valence-corrected chi connectivity index (χ2v) is 17.3. The standard InChI is InChI=1S/C45H39NO2S/c1-43(2)33-22-19-29(28-20-24-42-32(25-28)31-13-7-12-18-41(31)49(42,47)48)26-37(33)45(5,6)38-27-30(21-23-34(38)43)46-39-16-10-8-14-35(39)44(3,4)36-15-9-11-17-40(36)46/h7-27H,1-6H3. The molecule has 0 radical (unpaired) electrons. The molecule has 9 rings (SSSR count). The van der Waals surface area contributed by atoms with Crippen molar-refractivity contribution >= 4 is 26.9 Å². The molecule has 0 atom stereocenters. The molecule has 49 heavy (non-hydrogen) atoms. The molecule has 242 valence electrons. The van der Waals surface area contributed by atoms with Crippen molar-refractivity contribution in [2.45, 2.75) is 67.6 Å². The lowest BCUT2D eigenvalue weighted by Crippen LogP contribution is -2.37. The van der Waals surface area contributed by atoms with E-state index in [1.54, 1.807) is 18.2 Å². The Morgan fingerprint density at radius 1 is 0.429 bits per heavy atom. The molecule has 0 aromatic heterocycles. The van der Waals surface area contributed by atoms with Crippen LogP contribution < -0.4 is 4.90 Å². The van der Waals surface area contributed by atoms with Crippen molar-refractivity contribution in [1.29, 1.82) is 0 Å². The zero-order valence-electron chi connectivity index (χ0n) is 28.8. The quantitative estimate of drug-likeness (QED) is 0.186. The van der Waals surface area contributed by atoms with E-state index in [1.807, 2.05) is 18.2 Å². The Bertz CT molecular complexity index is 2450. The second kappa shape index (κ2) is 9.83. The fraction of sp³-hybridized carbons (Fsp3) is 0.200. The third-order valence-electron chi connectivity index (χ3n) is 11.7. The highest BCUT2D eigenvalue weighted by molar-refractivity contribution is 7.92. The Morgan fingerprint density at radius 3 is 1.61 bits per heavy atom. The highest BCUT2D eigenvalue weighted by atomic mass is 32.2. The van der Waals surface area contributed by atoms with Gasteiger partial charge in [0, 0.05) is 33.1 Å². The van der Waals surface area contributed by atoms with Crippen LogP contribution in [0, 0.1) is 0 Å². The van der Waals surface area contributed by atoms with Crippen LogP contribution in [0.1, 0.15) is 74.9 Å². The SMILES string of the molecule is CC1(C)c2ccccc2N(c2ccc3c(c2)C(C)(C)c2cc(-c4ccc5c(c4)-c4ccccc4S5(=O)=O)ccc2C3(C)C)c2ccccc21. The van der Waals surface area contributed by atoms with Crippen LogP contribution in [0.25, 0.3) is 22.3 Å². The summed E-state index contributed by atoms with van der Waals surface area (Å²) in [5, 5.41) is 0. The first-order chi connectivity index (χ1) is 23.3. The minimum absolute atomic E-state index is 0.113.